The molecule has 3 aliphatic rings. The van der Waals surface area contributed by atoms with E-state index in [4.69, 9.17) is 21.3 Å². The first kappa shape index (κ1) is 31.2. The van der Waals surface area contributed by atoms with Gasteiger partial charge in [-0.05, 0) is 76.8 Å². The van der Waals surface area contributed by atoms with Crippen LogP contribution in [-0.2, 0) is 18.4 Å². The summed E-state index contributed by atoms with van der Waals surface area (Å²) in [5.41, 5.74) is 4.11. The quantitative estimate of drug-likeness (QED) is 0.226. The fourth-order valence-corrected chi connectivity index (χ4v) is 8.50. The molecule has 4 heterocycles. The summed E-state index contributed by atoms with van der Waals surface area (Å²) in [5.74, 6) is -2.48. The number of aryl methyl sites for hydroxylation is 2. The third kappa shape index (κ3) is 5.71. The first-order chi connectivity index (χ1) is 21.9. The molecule has 1 spiro atoms. The summed E-state index contributed by atoms with van der Waals surface area (Å²) in [6.07, 6.45) is 3.57. The predicted octanol–water partition coefficient (Wildman–Crippen LogP) is 7.04. The summed E-state index contributed by atoms with van der Waals surface area (Å²) in [5, 5.41) is 11.8. The highest BCUT2D eigenvalue weighted by atomic mass is 35.5. The van der Waals surface area contributed by atoms with Gasteiger partial charge in [0.15, 0.2) is 0 Å². The first-order valence-corrected chi connectivity index (χ1v) is 17.0. The third-order valence-electron chi connectivity index (χ3n) is 9.83. The average Bonchev–Trinajstić information content (AvgIpc) is 3.68. The number of carbonyl (C=O) groups is 1. The zero-order chi connectivity index (χ0) is 32.4. The van der Waals surface area contributed by atoms with Gasteiger partial charge in [0.1, 0.15) is 18.2 Å². The van der Waals surface area contributed by atoms with Crippen LogP contribution < -0.4 is 10.3 Å². The van der Waals surface area contributed by atoms with Crippen LogP contribution in [0, 0.1) is 13.8 Å². The van der Waals surface area contributed by atoms with Crippen LogP contribution in [0.3, 0.4) is 0 Å². The number of pyridine rings is 1. The third-order valence-corrected chi connectivity index (χ3v) is 11.1. The van der Waals surface area contributed by atoms with Crippen molar-refractivity contribution in [3.63, 3.8) is 0 Å². The van der Waals surface area contributed by atoms with Crippen molar-refractivity contribution in [2.45, 2.75) is 82.7 Å². The van der Waals surface area contributed by atoms with Gasteiger partial charge in [0.2, 0.25) is 5.92 Å². The molecular weight excluding hydrogens is 634 g/mol. The second-order valence-electron chi connectivity index (χ2n) is 13.0. The molecule has 1 saturated heterocycles. The molecule has 1 aromatic carbocycles. The lowest BCUT2D eigenvalue weighted by molar-refractivity contribution is -0.0143. The summed E-state index contributed by atoms with van der Waals surface area (Å²) in [6, 6.07) is 7.24. The highest BCUT2D eigenvalue weighted by molar-refractivity contribution is 7.18. The number of carboxylic acid groups (broad SMARTS) is 1. The van der Waals surface area contributed by atoms with Crippen LogP contribution in [0.5, 0.6) is 5.75 Å². The Bertz CT molecular complexity index is 1920. The number of likely N-dealkylation sites (tertiary alicyclic amines) is 1. The number of halogens is 3. The largest absolute Gasteiger partial charge is 0.491 e. The van der Waals surface area contributed by atoms with E-state index >= 15 is 0 Å². The van der Waals surface area contributed by atoms with Crippen molar-refractivity contribution in [1.82, 2.24) is 19.4 Å². The van der Waals surface area contributed by atoms with E-state index in [2.05, 4.69) is 9.88 Å². The van der Waals surface area contributed by atoms with Crippen LogP contribution in [0.1, 0.15) is 71.7 Å². The van der Waals surface area contributed by atoms with Gasteiger partial charge in [-0.25, -0.2) is 18.6 Å². The van der Waals surface area contributed by atoms with Gasteiger partial charge >= 0.3 is 5.97 Å². The van der Waals surface area contributed by atoms with E-state index in [0.717, 1.165) is 35.2 Å². The number of benzene rings is 1. The number of fused-ring (bicyclic) bond motifs is 3. The van der Waals surface area contributed by atoms with Crippen molar-refractivity contribution >= 4 is 39.1 Å². The van der Waals surface area contributed by atoms with Gasteiger partial charge in [0.25, 0.3) is 5.56 Å². The number of hydrogen-bond donors (Lipinski definition) is 1. The number of hydrogen-bond acceptors (Lipinski definition) is 7. The molecule has 0 radical (unpaired) electrons. The lowest BCUT2D eigenvalue weighted by atomic mass is 9.80. The second-order valence-corrected chi connectivity index (χ2v) is 14.3. The number of aromatic nitrogens is 3. The topological polar surface area (TPSA) is 97.6 Å². The molecule has 1 saturated carbocycles. The fraction of sp³-hybridized carbons (Fsp3) is 0.471. The van der Waals surface area contributed by atoms with Crippen LogP contribution in [0.2, 0.25) is 5.02 Å². The molecule has 1 atom stereocenters. The number of rotatable bonds is 7. The maximum absolute atomic E-state index is 14.1. The van der Waals surface area contributed by atoms with Gasteiger partial charge in [-0.15, -0.1) is 11.3 Å². The Morgan fingerprint density at radius 2 is 1.93 bits per heavy atom. The van der Waals surface area contributed by atoms with E-state index in [1.165, 1.54) is 11.3 Å². The summed E-state index contributed by atoms with van der Waals surface area (Å²) in [4.78, 5) is 37.5. The van der Waals surface area contributed by atoms with Crippen LogP contribution >= 0.6 is 22.9 Å². The minimum absolute atomic E-state index is 0.0574. The molecule has 0 unspecified atom stereocenters. The van der Waals surface area contributed by atoms with E-state index in [9.17, 15) is 23.5 Å². The number of nitrogens with zero attached hydrogens (tertiary/aromatic N) is 4. The Kier molecular flexibility index (Phi) is 7.92. The van der Waals surface area contributed by atoms with Crippen molar-refractivity contribution in [1.29, 1.82) is 0 Å². The molecule has 46 heavy (non-hydrogen) atoms. The monoisotopic (exact) mass is 668 g/mol. The number of ether oxygens (including phenoxy) is 1. The standard InChI is InChI=1S/C34H35ClF2N4O4S/c1-19-14-24(29-28(38-19)26(18-46-29)32(43)44)23-15-21(35)4-5-27(23)45-13-12-41-20(2)39-30-25(31(41)42)16-22(17-33(30)7-8-33)40-10-3-6-34(36,37)9-11-40/h4-5,14-15,18,22H,3,6-13,16-17H2,1-2H3,(H,43,44)/t22-/m1/s1. The van der Waals surface area contributed by atoms with E-state index in [0.29, 0.717) is 64.9 Å². The van der Waals surface area contributed by atoms with Gasteiger partial charge in [0, 0.05) is 63.6 Å². The number of carboxylic acids is 1. The summed E-state index contributed by atoms with van der Waals surface area (Å²) in [7, 11) is 0. The number of thiophene rings is 1. The van der Waals surface area contributed by atoms with Gasteiger partial charge in [-0.2, -0.15) is 0 Å². The number of aromatic carboxylic acids is 1. The molecule has 4 aromatic rings. The maximum atomic E-state index is 14.1. The highest BCUT2D eigenvalue weighted by Crippen LogP contribution is 2.55. The minimum Gasteiger partial charge on any atom is -0.491 e. The maximum Gasteiger partial charge on any atom is 0.338 e. The van der Waals surface area contributed by atoms with Crippen molar-refractivity contribution in [3.8, 4) is 16.9 Å². The van der Waals surface area contributed by atoms with Gasteiger partial charge in [-0.1, -0.05) is 11.6 Å². The summed E-state index contributed by atoms with van der Waals surface area (Å²) in [6.45, 7) is 5.09. The Labute approximate surface area is 274 Å². The minimum atomic E-state index is -2.62. The summed E-state index contributed by atoms with van der Waals surface area (Å²) >= 11 is 7.72. The molecule has 2 fully saturated rings. The SMILES string of the molecule is Cc1cc(-c2cc(Cl)ccc2OCCn2c(C)nc3c(c2=O)C[C@@H](N2CCCC(F)(F)CC2)CC32CC2)c2scc(C(=O)O)c2n1. The molecule has 12 heteroatoms. The van der Waals surface area contributed by atoms with Crippen molar-refractivity contribution in [3.05, 3.63) is 73.4 Å². The van der Waals surface area contributed by atoms with Crippen molar-refractivity contribution < 1.29 is 23.4 Å². The average molecular weight is 669 g/mol. The molecule has 0 bridgehead atoms. The second kappa shape index (κ2) is 11.7. The Morgan fingerprint density at radius 3 is 2.70 bits per heavy atom. The molecule has 1 N–H and O–H groups in total. The normalized spacial score (nSPS) is 20.4. The van der Waals surface area contributed by atoms with Crippen LogP contribution in [0.4, 0.5) is 8.78 Å². The first-order valence-electron chi connectivity index (χ1n) is 15.7. The smallest absolute Gasteiger partial charge is 0.338 e. The zero-order valence-corrected chi connectivity index (χ0v) is 27.3. The lowest BCUT2D eigenvalue weighted by Crippen LogP contribution is -2.46. The van der Waals surface area contributed by atoms with Gasteiger partial charge < -0.3 is 9.84 Å². The van der Waals surface area contributed by atoms with Crippen LogP contribution in [0.15, 0.2) is 34.4 Å². The molecule has 0 amide bonds. The van der Waals surface area contributed by atoms with E-state index in [-0.39, 0.29) is 48.6 Å². The van der Waals surface area contributed by atoms with Gasteiger partial charge in [0.05, 0.1) is 28.0 Å². The Balaban J connectivity index is 1.15. The van der Waals surface area contributed by atoms with Crippen molar-refractivity contribution in [2.75, 3.05) is 19.7 Å². The Hall–Kier alpha value is -3.41. The zero-order valence-electron chi connectivity index (χ0n) is 25.7. The van der Waals surface area contributed by atoms with Gasteiger partial charge in [-0.3, -0.25) is 19.2 Å². The fourth-order valence-electron chi connectivity index (χ4n) is 7.32. The molecule has 242 valence electrons. The molecule has 1 aliphatic heterocycles. The molecule has 3 aromatic heterocycles. The highest BCUT2D eigenvalue weighted by Gasteiger charge is 2.53. The number of alkyl halides is 2. The molecule has 7 rings (SSSR count). The summed E-state index contributed by atoms with van der Waals surface area (Å²) < 4.78 is 36.9. The molecule has 2 aliphatic carbocycles. The molecule has 8 nitrogen and oxygen atoms in total. The van der Waals surface area contributed by atoms with Crippen LogP contribution in [-0.4, -0.2) is 62.2 Å². The predicted molar refractivity (Wildman–Crippen MR) is 174 cm³/mol. The molecular formula is C34H35ClF2N4O4S. The van der Waals surface area contributed by atoms with E-state index in [1.54, 1.807) is 28.1 Å². The van der Waals surface area contributed by atoms with Crippen molar-refractivity contribution in [2.24, 2.45) is 0 Å². The Morgan fingerprint density at radius 1 is 1.13 bits per heavy atom. The van der Waals surface area contributed by atoms with E-state index < -0.39 is 11.9 Å². The van der Waals surface area contributed by atoms with Crippen LogP contribution in [0.25, 0.3) is 21.3 Å². The lowest BCUT2D eigenvalue weighted by Gasteiger charge is -2.38. The van der Waals surface area contributed by atoms with E-state index in [1.807, 2.05) is 19.9 Å².